The first-order valence-electron chi connectivity index (χ1n) is 6.20. The second-order valence-corrected chi connectivity index (χ2v) is 4.93. The van der Waals surface area contributed by atoms with Crippen LogP contribution in [0.15, 0.2) is 54.6 Å². The maximum Gasteiger partial charge on any atom is 0.123 e. The van der Waals surface area contributed by atoms with Crippen LogP contribution in [0.2, 0.25) is 5.02 Å². The number of nitrogens with zero attached hydrogens (tertiary/aromatic N) is 2. The Kier molecular flexibility index (Phi) is 3.28. The molecule has 0 atom stereocenters. The molecule has 3 aromatic rings. The Morgan fingerprint density at radius 1 is 1.05 bits per heavy atom. The zero-order valence-electron chi connectivity index (χ0n) is 10.8. The number of benzene rings is 2. The Hall–Kier alpha value is -2.13. The topological polar surface area (TPSA) is 17.8 Å². The lowest BCUT2D eigenvalue weighted by molar-refractivity contribution is 0.628. The van der Waals surface area contributed by atoms with E-state index in [4.69, 9.17) is 11.6 Å². The fraction of sp³-hybridized carbons (Fsp3) is 0.0625. The minimum Gasteiger partial charge on any atom is -0.267 e. The van der Waals surface area contributed by atoms with Crippen LogP contribution in [0.3, 0.4) is 0 Å². The van der Waals surface area contributed by atoms with Gasteiger partial charge in [0.1, 0.15) is 5.82 Å². The largest absolute Gasteiger partial charge is 0.267 e. The molecule has 2 nitrogen and oxygen atoms in total. The molecule has 3 rings (SSSR count). The molecule has 0 N–H and O–H groups in total. The smallest absolute Gasteiger partial charge is 0.123 e. The number of rotatable bonds is 2. The van der Waals surface area contributed by atoms with Crippen LogP contribution in [0, 0.1) is 5.82 Å². The lowest BCUT2D eigenvalue weighted by Gasteiger charge is -2.00. The summed E-state index contributed by atoms with van der Waals surface area (Å²) < 4.78 is 14.8. The molecule has 20 heavy (non-hydrogen) atoms. The number of aromatic nitrogens is 2. The van der Waals surface area contributed by atoms with Crippen molar-refractivity contribution in [2.45, 2.75) is 0 Å². The average Bonchev–Trinajstić information content (AvgIpc) is 2.82. The van der Waals surface area contributed by atoms with Crippen molar-refractivity contribution >= 4 is 11.6 Å². The SMILES string of the molecule is Cn1nc(-c2ccccc2Cl)cc1-c1ccc(F)cc1. The molecule has 1 aromatic heterocycles. The van der Waals surface area contributed by atoms with E-state index in [1.54, 1.807) is 16.8 Å². The predicted molar refractivity (Wildman–Crippen MR) is 79.0 cm³/mol. The fourth-order valence-corrected chi connectivity index (χ4v) is 2.39. The molecule has 0 bridgehead atoms. The number of hydrogen-bond acceptors (Lipinski definition) is 1. The zero-order valence-corrected chi connectivity index (χ0v) is 11.6. The fourth-order valence-electron chi connectivity index (χ4n) is 2.16. The number of halogens is 2. The summed E-state index contributed by atoms with van der Waals surface area (Å²) in [6.07, 6.45) is 0. The Morgan fingerprint density at radius 3 is 2.45 bits per heavy atom. The zero-order chi connectivity index (χ0) is 14.1. The normalized spacial score (nSPS) is 10.8. The van der Waals surface area contributed by atoms with Crippen LogP contribution in [0.25, 0.3) is 22.5 Å². The van der Waals surface area contributed by atoms with Gasteiger partial charge in [-0.3, -0.25) is 4.68 Å². The van der Waals surface area contributed by atoms with E-state index in [1.807, 2.05) is 37.4 Å². The Balaban J connectivity index is 2.08. The summed E-state index contributed by atoms with van der Waals surface area (Å²) in [5.41, 5.74) is 3.52. The van der Waals surface area contributed by atoms with Crippen molar-refractivity contribution in [3.63, 3.8) is 0 Å². The van der Waals surface area contributed by atoms with E-state index in [0.717, 1.165) is 22.5 Å². The van der Waals surface area contributed by atoms with E-state index in [1.165, 1.54) is 12.1 Å². The average molecular weight is 287 g/mol. The van der Waals surface area contributed by atoms with E-state index < -0.39 is 0 Å². The quantitative estimate of drug-likeness (QED) is 0.676. The van der Waals surface area contributed by atoms with Gasteiger partial charge in [0.15, 0.2) is 0 Å². The Bertz CT molecular complexity index is 747. The third-order valence-corrected chi connectivity index (χ3v) is 3.50. The van der Waals surface area contributed by atoms with E-state index in [9.17, 15) is 4.39 Å². The molecule has 0 unspecified atom stereocenters. The monoisotopic (exact) mass is 286 g/mol. The summed E-state index contributed by atoms with van der Waals surface area (Å²) in [7, 11) is 1.86. The van der Waals surface area contributed by atoms with Crippen LogP contribution in [-0.4, -0.2) is 9.78 Å². The second-order valence-electron chi connectivity index (χ2n) is 4.53. The van der Waals surface area contributed by atoms with Gasteiger partial charge in [0.2, 0.25) is 0 Å². The molecular weight excluding hydrogens is 275 g/mol. The summed E-state index contributed by atoms with van der Waals surface area (Å²) in [5.74, 6) is -0.248. The molecule has 0 aliphatic carbocycles. The van der Waals surface area contributed by atoms with Gasteiger partial charge >= 0.3 is 0 Å². The van der Waals surface area contributed by atoms with Gasteiger partial charge in [-0.25, -0.2) is 4.39 Å². The summed E-state index contributed by atoms with van der Waals surface area (Å²) >= 11 is 6.19. The van der Waals surface area contributed by atoms with Gasteiger partial charge in [0.25, 0.3) is 0 Å². The molecule has 0 amide bonds. The van der Waals surface area contributed by atoms with Crippen molar-refractivity contribution in [3.8, 4) is 22.5 Å². The van der Waals surface area contributed by atoms with E-state index in [2.05, 4.69) is 5.10 Å². The van der Waals surface area contributed by atoms with Crippen LogP contribution in [0.5, 0.6) is 0 Å². The molecule has 2 aromatic carbocycles. The van der Waals surface area contributed by atoms with Crippen LogP contribution in [0.4, 0.5) is 4.39 Å². The van der Waals surface area contributed by atoms with Crippen molar-refractivity contribution in [1.29, 1.82) is 0 Å². The molecule has 0 aliphatic rings. The molecule has 0 radical (unpaired) electrons. The van der Waals surface area contributed by atoms with Crippen molar-refractivity contribution in [2.75, 3.05) is 0 Å². The van der Waals surface area contributed by atoms with Gasteiger partial charge in [0.05, 0.1) is 16.4 Å². The van der Waals surface area contributed by atoms with E-state index in [0.29, 0.717) is 5.02 Å². The highest BCUT2D eigenvalue weighted by molar-refractivity contribution is 6.33. The van der Waals surface area contributed by atoms with Gasteiger partial charge in [-0.15, -0.1) is 0 Å². The minimum absolute atomic E-state index is 0.248. The van der Waals surface area contributed by atoms with Crippen molar-refractivity contribution < 1.29 is 4.39 Å². The Morgan fingerprint density at radius 2 is 1.75 bits per heavy atom. The minimum atomic E-state index is -0.248. The highest BCUT2D eigenvalue weighted by Gasteiger charge is 2.11. The van der Waals surface area contributed by atoms with Crippen LogP contribution >= 0.6 is 11.6 Å². The molecule has 0 spiro atoms. The first-order valence-corrected chi connectivity index (χ1v) is 6.58. The van der Waals surface area contributed by atoms with Crippen molar-refractivity contribution in [1.82, 2.24) is 9.78 Å². The van der Waals surface area contributed by atoms with Gasteiger partial charge in [0, 0.05) is 12.6 Å². The first kappa shape index (κ1) is 12.9. The summed E-state index contributed by atoms with van der Waals surface area (Å²) in [4.78, 5) is 0. The molecule has 0 aliphatic heterocycles. The molecular formula is C16H12ClFN2. The molecule has 0 saturated heterocycles. The predicted octanol–water partition coefficient (Wildman–Crippen LogP) is 4.55. The lowest BCUT2D eigenvalue weighted by Crippen LogP contribution is -1.93. The Labute approximate surface area is 121 Å². The second kappa shape index (κ2) is 5.10. The molecule has 0 fully saturated rings. The number of hydrogen-bond donors (Lipinski definition) is 0. The first-order chi connectivity index (χ1) is 9.65. The maximum absolute atomic E-state index is 13.0. The van der Waals surface area contributed by atoms with E-state index >= 15 is 0 Å². The van der Waals surface area contributed by atoms with Gasteiger partial charge < -0.3 is 0 Å². The highest BCUT2D eigenvalue weighted by atomic mass is 35.5. The van der Waals surface area contributed by atoms with Gasteiger partial charge in [-0.1, -0.05) is 29.8 Å². The third kappa shape index (κ3) is 2.32. The molecule has 100 valence electrons. The van der Waals surface area contributed by atoms with Gasteiger partial charge in [-0.05, 0) is 42.0 Å². The highest BCUT2D eigenvalue weighted by Crippen LogP contribution is 2.30. The molecule has 4 heteroatoms. The number of aryl methyl sites for hydroxylation is 1. The molecule has 0 saturated carbocycles. The van der Waals surface area contributed by atoms with Crippen molar-refractivity contribution in [2.24, 2.45) is 7.05 Å². The van der Waals surface area contributed by atoms with E-state index in [-0.39, 0.29) is 5.82 Å². The summed E-state index contributed by atoms with van der Waals surface area (Å²) in [6, 6.07) is 15.9. The summed E-state index contributed by atoms with van der Waals surface area (Å²) in [5, 5.41) is 5.14. The lowest BCUT2D eigenvalue weighted by atomic mass is 10.1. The third-order valence-electron chi connectivity index (χ3n) is 3.17. The van der Waals surface area contributed by atoms with Crippen LogP contribution in [-0.2, 0) is 7.05 Å². The maximum atomic E-state index is 13.0. The standard InChI is InChI=1S/C16H12ClFN2/c1-20-16(11-6-8-12(18)9-7-11)10-15(19-20)13-4-2-3-5-14(13)17/h2-10H,1H3. The van der Waals surface area contributed by atoms with Crippen LogP contribution < -0.4 is 0 Å². The van der Waals surface area contributed by atoms with Crippen LogP contribution in [0.1, 0.15) is 0 Å². The van der Waals surface area contributed by atoms with Gasteiger partial charge in [-0.2, -0.15) is 5.10 Å². The summed E-state index contributed by atoms with van der Waals surface area (Å²) in [6.45, 7) is 0. The molecule has 1 heterocycles. The van der Waals surface area contributed by atoms with Crippen molar-refractivity contribution in [3.05, 3.63) is 65.4 Å².